The molecule has 136 valence electrons. The van der Waals surface area contributed by atoms with E-state index in [1.54, 1.807) is 7.11 Å². The van der Waals surface area contributed by atoms with Crippen LogP contribution in [0.3, 0.4) is 0 Å². The smallest absolute Gasteiger partial charge is 0.227 e. The number of nitrogens with two attached hydrogens (primary N) is 1. The fraction of sp³-hybridized carbons (Fsp3) is 0.632. The highest BCUT2D eigenvalue weighted by molar-refractivity contribution is 5.83. The molecule has 0 fully saturated rings. The van der Waals surface area contributed by atoms with Crippen molar-refractivity contribution in [3.8, 4) is 11.5 Å². The van der Waals surface area contributed by atoms with Gasteiger partial charge in [-0.1, -0.05) is 19.9 Å². The molecule has 5 heteroatoms. The summed E-state index contributed by atoms with van der Waals surface area (Å²) in [5, 5.41) is 3.09. The maximum Gasteiger partial charge on any atom is 0.227 e. The molecule has 3 N–H and O–H groups in total. The summed E-state index contributed by atoms with van der Waals surface area (Å²) in [7, 11) is 1.61. The van der Waals surface area contributed by atoms with E-state index in [9.17, 15) is 4.79 Å². The Balaban J connectivity index is 2.95. The van der Waals surface area contributed by atoms with Gasteiger partial charge < -0.3 is 20.5 Å². The first-order chi connectivity index (χ1) is 11.3. The summed E-state index contributed by atoms with van der Waals surface area (Å²) in [6, 6.07) is 5.60. The number of hydrogen-bond acceptors (Lipinski definition) is 4. The van der Waals surface area contributed by atoms with Crippen molar-refractivity contribution >= 4 is 5.91 Å². The van der Waals surface area contributed by atoms with Gasteiger partial charge >= 0.3 is 0 Å². The summed E-state index contributed by atoms with van der Waals surface area (Å²) in [6.45, 7) is 10.3. The number of methoxy groups -OCH3 is 1. The van der Waals surface area contributed by atoms with Gasteiger partial charge in [-0.05, 0) is 51.3 Å². The quantitative estimate of drug-likeness (QED) is 0.724. The van der Waals surface area contributed by atoms with Gasteiger partial charge in [0.15, 0.2) is 11.5 Å². The third-order valence-electron chi connectivity index (χ3n) is 4.62. The molecule has 0 aliphatic carbocycles. The first-order valence-corrected chi connectivity index (χ1v) is 8.69. The van der Waals surface area contributed by atoms with Crippen LogP contribution in [-0.2, 0) is 4.79 Å². The SMILES string of the molecule is CCC(CC)(CN)C(=O)NC(C)c1ccc(OC(C)C)c(OC)c1. The topological polar surface area (TPSA) is 73.6 Å². The highest BCUT2D eigenvalue weighted by Crippen LogP contribution is 2.32. The third-order valence-corrected chi connectivity index (χ3v) is 4.62. The van der Waals surface area contributed by atoms with Crippen LogP contribution in [-0.4, -0.2) is 25.7 Å². The Morgan fingerprint density at radius 3 is 2.29 bits per heavy atom. The second-order valence-electron chi connectivity index (χ2n) is 6.46. The predicted octanol–water partition coefficient (Wildman–Crippen LogP) is 3.42. The number of ether oxygens (including phenoxy) is 2. The average Bonchev–Trinajstić information content (AvgIpc) is 2.56. The molecule has 1 unspecified atom stereocenters. The maximum absolute atomic E-state index is 12.7. The Morgan fingerprint density at radius 2 is 1.83 bits per heavy atom. The van der Waals surface area contributed by atoms with E-state index >= 15 is 0 Å². The van der Waals surface area contributed by atoms with Gasteiger partial charge in [0, 0.05) is 6.54 Å². The molecular formula is C19H32N2O3. The molecule has 0 bridgehead atoms. The Morgan fingerprint density at radius 1 is 1.21 bits per heavy atom. The summed E-state index contributed by atoms with van der Waals surface area (Å²) in [6.07, 6.45) is 1.52. The lowest BCUT2D eigenvalue weighted by Gasteiger charge is -2.30. The van der Waals surface area contributed by atoms with E-state index in [-0.39, 0.29) is 18.1 Å². The number of carbonyl (C=O) groups excluding carboxylic acids is 1. The zero-order valence-corrected chi connectivity index (χ0v) is 15.8. The van der Waals surface area contributed by atoms with Gasteiger partial charge in [-0.25, -0.2) is 0 Å². The van der Waals surface area contributed by atoms with Crippen LogP contribution >= 0.6 is 0 Å². The predicted molar refractivity (Wildman–Crippen MR) is 97.4 cm³/mol. The van der Waals surface area contributed by atoms with Gasteiger partial charge in [0.1, 0.15) is 0 Å². The van der Waals surface area contributed by atoms with Crippen LogP contribution < -0.4 is 20.5 Å². The van der Waals surface area contributed by atoms with Gasteiger partial charge in [-0.2, -0.15) is 0 Å². The fourth-order valence-electron chi connectivity index (χ4n) is 2.69. The van der Waals surface area contributed by atoms with E-state index in [0.29, 0.717) is 18.0 Å². The average molecular weight is 336 g/mol. The molecule has 0 aromatic heterocycles. The van der Waals surface area contributed by atoms with Gasteiger partial charge in [0.05, 0.1) is 24.7 Å². The lowest BCUT2D eigenvalue weighted by atomic mass is 9.81. The molecular weight excluding hydrogens is 304 g/mol. The molecule has 0 aliphatic rings. The minimum absolute atomic E-state index is 0.00368. The number of carbonyl (C=O) groups is 1. The molecule has 5 nitrogen and oxygen atoms in total. The van der Waals surface area contributed by atoms with Crippen LogP contribution in [0.5, 0.6) is 11.5 Å². The molecule has 0 aliphatic heterocycles. The van der Waals surface area contributed by atoms with Gasteiger partial charge in [-0.3, -0.25) is 4.79 Å². The second kappa shape index (κ2) is 8.92. The standard InChI is InChI=1S/C19H32N2O3/c1-7-19(8-2,12-20)18(22)21-14(5)15-9-10-16(24-13(3)4)17(11-15)23-6/h9-11,13-14H,7-8,12,20H2,1-6H3,(H,21,22). The van der Waals surface area contributed by atoms with E-state index in [2.05, 4.69) is 5.32 Å². The highest BCUT2D eigenvalue weighted by atomic mass is 16.5. The highest BCUT2D eigenvalue weighted by Gasteiger charge is 2.34. The summed E-state index contributed by atoms with van der Waals surface area (Å²) >= 11 is 0. The van der Waals surface area contributed by atoms with Crippen LogP contribution in [0.25, 0.3) is 0 Å². The van der Waals surface area contributed by atoms with E-state index in [4.69, 9.17) is 15.2 Å². The molecule has 1 aromatic rings. The maximum atomic E-state index is 12.7. The van der Waals surface area contributed by atoms with Gasteiger partial charge in [0.25, 0.3) is 0 Å². The normalized spacial score (nSPS) is 12.8. The van der Waals surface area contributed by atoms with Crippen LogP contribution in [0.2, 0.25) is 0 Å². The Bertz CT molecular complexity index is 531. The Kier molecular flexibility index (Phi) is 7.55. The summed E-state index contributed by atoms with van der Waals surface area (Å²) in [5.74, 6) is 1.37. The summed E-state index contributed by atoms with van der Waals surface area (Å²) < 4.78 is 11.1. The van der Waals surface area contributed by atoms with Crippen LogP contribution in [0.1, 0.15) is 59.1 Å². The largest absolute Gasteiger partial charge is 0.493 e. The first kappa shape index (κ1) is 20.3. The van der Waals surface area contributed by atoms with Crippen molar-refractivity contribution in [1.82, 2.24) is 5.32 Å². The van der Waals surface area contributed by atoms with Gasteiger partial charge in [0.2, 0.25) is 5.91 Å². The molecule has 24 heavy (non-hydrogen) atoms. The first-order valence-electron chi connectivity index (χ1n) is 8.69. The Hall–Kier alpha value is -1.75. The Labute approximate surface area is 145 Å². The molecule has 1 rings (SSSR count). The number of rotatable bonds is 9. The molecule has 0 radical (unpaired) electrons. The van der Waals surface area contributed by atoms with Crippen molar-refractivity contribution in [1.29, 1.82) is 0 Å². The van der Waals surface area contributed by atoms with Crippen LogP contribution in [0, 0.1) is 5.41 Å². The number of benzene rings is 1. The van der Waals surface area contributed by atoms with E-state index < -0.39 is 5.41 Å². The third kappa shape index (κ3) is 4.63. The summed E-state index contributed by atoms with van der Waals surface area (Å²) in [4.78, 5) is 12.7. The molecule has 1 amide bonds. The van der Waals surface area contributed by atoms with E-state index in [1.165, 1.54) is 0 Å². The van der Waals surface area contributed by atoms with E-state index in [0.717, 1.165) is 18.4 Å². The lowest BCUT2D eigenvalue weighted by molar-refractivity contribution is -0.131. The zero-order valence-electron chi connectivity index (χ0n) is 15.8. The molecule has 0 saturated heterocycles. The number of amides is 1. The fourth-order valence-corrected chi connectivity index (χ4v) is 2.69. The second-order valence-corrected chi connectivity index (χ2v) is 6.46. The number of hydrogen-bond donors (Lipinski definition) is 2. The van der Waals surface area contributed by atoms with Crippen molar-refractivity contribution in [3.05, 3.63) is 23.8 Å². The monoisotopic (exact) mass is 336 g/mol. The van der Waals surface area contributed by atoms with Crippen LogP contribution in [0.15, 0.2) is 18.2 Å². The van der Waals surface area contributed by atoms with Crippen molar-refractivity contribution in [3.63, 3.8) is 0 Å². The summed E-state index contributed by atoms with van der Waals surface area (Å²) in [5.41, 5.74) is 6.32. The zero-order chi connectivity index (χ0) is 18.3. The minimum Gasteiger partial charge on any atom is -0.493 e. The molecule has 0 heterocycles. The molecule has 1 aromatic carbocycles. The molecule has 0 saturated carbocycles. The van der Waals surface area contributed by atoms with E-state index in [1.807, 2.05) is 52.8 Å². The lowest BCUT2D eigenvalue weighted by Crippen LogP contribution is -2.46. The van der Waals surface area contributed by atoms with Crippen molar-refractivity contribution in [2.75, 3.05) is 13.7 Å². The molecule has 0 spiro atoms. The van der Waals surface area contributed by atoms with Crippen molar-refractivity contribution < 1.29 is 14.3 Å². The van der Waals surface area contributed by atoms with Crippen molar-refractivity contribution in [2.45, 2.75) is 59.6 Å². The van der Waals surface area contributed by atoms with Gasteiger partial charge in [-0.15, -0.1) is 0 Å². The molecule has 1 atom stereocenters. The van der Waals surface area contributed by atoms with Crippen LogP contribution in [0.4, 0.5) is 0 Å². The number of nitrogens with one attached hydrogen (secondary N) is 1. The van der Waals surface area contributed by atoms with Crippen molar-refractivity contribution in [2.24, 2.45) is 11.1 Å². The minimum atomic E-state index is -0.501.